The van der Waals surface area contributed by atoms with Gasteiger partial charge in [0, 0.05) is 30.7 Å². The van der Waals surface area contributed by atoms with E-state index in [-0.39, 0.29) is 0 Å². The van der Waals surface area contributed by atoms with E-state index in [1.54, 1.807) is 7.11 Å². The minimum atomic E-state index is 0.602. The molecule has 3 heteroatoms. The Labute approximate surface area is 123 Å². The fourth-order valence-corrected chi connectivity index (χ4v) is 2.63. The number of nitrogens with zero attached hydrogens (tertiary/aromatic N) is 1. The number of ether oxygens (including phenoxy) is 1. The lowest BCUT2D eigenvalue weighted by atomic mass is 10.1. The number of nitrogens with one attached hydrogen (secondary N) is 1. The van der Waals surface area contributed by atoms with Crippen LogP contribution in [-0.4, -0.2) is 37.7 Å². The van der Waals surface area contributed by atoms with Crippen molar-refractivity contribution in [1.82, 2.24) is 10.2 Å². The summed E-state index contributed by atoms with van der Waals surface area (Å²) in [6.45, 7) is 4.31. The lowest BCUT2D eigenvalue weighted by Gasteiger charge is -2.29. The zero-order valence-corrected chi connectivity index (χ0v) is 13.1. The van der Waals surface area contributed by atoms with E-state index in [1.807, 2.05) is 12.1 Å². The van der Waals surface area contributed by atoms with Crippen molar-refractivity contribution in [3.63, 3.8) is 0 Å². The Balaban J connectivity index is 1.93. The van der Waals surface area contributed by atoms with Crippen LogP contribution in [0.25, 0.3) is 0 Å². The summed E-state index contributed by atoms with van der Waals surface area (Å²) in [5, 5.41) is 3.66. The van der Waals surface area contributed by atoms with Gasteiger partial charge >= 0.3 is 0 Å². The van der Waals surface area contributed by atoms with E-state index in [0.29, 0.717) is 6.04 Å². The zero-order valence-electron chi connectivity index (χ0n) is 13.1. The standard InChI is InChI=1S/C17H28N2O/c1-4-7-16(12-18-15-10-11-15)19(2)13-14-8-5-6-9-17(14)20-3/h5-6,8-9,15-16,18H,4,7,10-13H2,1-3H3. The van der Waals surface area contributed by atoms with Crippen molar-refractivity contribution in [3.8, 4) is 5.75 Å². The Morgan fingerprint density at radius 3 is 2.75 bits per heavy atom. The van der Waals surface area contributed by atoms with Gasteiger partial charge in [-0.15, -0.1) is 0 Å². The van der Waals surface area contributed by atoms with E-state index in [0.717, 1.165) is 24.9 Å². The second-order valence-electron chi connectivity index (χ2n) is 5.85. The number of hydrogen-bond donors (Lipinski definition) is 1. The molecule has 0 amide bonds. The summed E-state index contributed by atoms with van der Waals surface area (Å²) in [6, 6.07) is 9.70. The van der Waals surface area contributed by atoms with Crippen LogP contribution in [0.1, 0.15) is 38.2 Å². The molecule has 1 aliphatic carbocycles. The topological polar surface area (TPSA) is 24.5 Å². The Morgan fingerprint density at radius 1 is 1.35 bits per heavy atom. The monoisotopic (exact) mass is 276 g/mol. The van der Waals surface area contributed by atoms with Gasteiger partial charge in [0.05, 0.1) is 7.11 Å². The molecule has 1 atom stereocenters. The van der Waals surface area contributed by atoms with E-state index < -0.39 is 0 Å². The maximum absolute atomic E-state index is 5.45. The van der Waals surface area contributed by atoms with Gasteiger partial charge in [0.2, 0.25) is 0 Å². The van der Waals surface area contributed by atoms with Gasteiger partial charge in [-0.25, -0.2) is 0 Å². The maximum Gasteiger partial charge on any atom is 0.123 e. The summed E-state index contributed by atoms with van der Waals surface area (Å²) in [6.07, 6.45) is 5.18. The fourth-order valence-electron chi connectivity index (χ4n) is 2.63. The van der Waals surface area contributed by atoms with Gasteiger partial charge < -0.3 is 10.1 Å². The van der Waals surface area contributed by atoms with Crippen LogP contribution in [-0.2, 0) is 6.54 Å². The second-order valence-corrected chi connectivity index (χ2v) is 5.85. The minimum Gasteiger partial charge on any atom is -0.496 e. The van der Waals surface area contributed by atoms with E-state index in [1.165, 1.54) is 31.2 Å². The molecule has 1 unspecified atom stereocenters. The predicted molar refractivity (Wildman–Crippen MR) is 84.2 cm³/mol. The number of methoxy groups -OCH3 is 1. The average molecular weight is 276 g/mol. The molecule has 1 aromatic carbocycles. The van der Waals surface area contributed by atoms with Crippen molar-refractivity contribution in [2.75, 3.05) is 20.7 Å². The highest BCUT2D eigenvalue weighted by atomic mass is 16.5. The second kappa shape index (κ2) is 7.65. The average Bonchev–Trinajstić information content (AvgIpc) is 3.28. The van der Waals surface area contributed by atoms with Crippen LogP contribution in [0.5, 0.6) is 5.75 Å². The van der Waals surface area contributed by atoms with Gasteiger partial charge in [0.15, 0.2) is 0 Å². The van der Waals surface area contributed by atoms with Crippen LogP contribution in [0, 0.1) is 0 Å². The molecule has 112 valence electrons. The molecule has 1 aromatic rings. The lowest BCUT2D eigenvalue weighted by Crippen LogP contribution is -2.40. The molecular formula is C17H28N2O. The maximum atomic E-state index is 5.45. The first-order valence-corrected chi connectivity index (χ1v) is 7.80. The summed E-state index contributed by atoms with van der Waals surface area (Å²) in [7, 11) is 3.97. The Morgan fingerprint density at radius 2 is 2.10 bits per heavy atom. The van der Waals surface area contributed by atoms with Crippen molar-refractivity contribution in [1.29, 1.82) is 0 Å². The molecule has 0 heterocycles. The summed E-state index contributed by atoms with van der Waals surface area (Å²) in [4.78, 5) is 2.46. The predicted octanol–water partition coefficient (Wildman–Crippen LogP) is 3.05. The summed E-state index contributed by atoms with van der Waals surface area (Å²) in [5.41, 5.74) is 1.27. The highest BCUT2D eigenvalue weighted by Crippen LogP contribution is 2.22. The molecule has 0 aliphatic heterocycles. The summed E-state index contributed by atoms with van der Waals surface area (Å²) < 4.78 is 5.45. The lowest BCUT2D eigenvalue weighted by molar-refractivity contribution is 0.212. The van der Waals surface area contributed by atoms with Gasteiger partial charge in [0.25, 0.3) is 0 Å². The van der Waals surface area contributed by atoms with Crippen molar-refractivity contribution in [3.05, 3.63) is 29.8 Å². The Kier molecular flexibility index (Phi) is 5.86. The molecule has 1 aliphatic rings. The molecule has 2 rings (SSSR count). The van der Waals surface area contributed by atoms with Gasteiger partial charge in [0.1, 0.15) is 5.75 Å². The van der Waals surface area contributed by atoms with E-state index in [4.69, 9.17) is 4.74 Å². The Hall–Kier alpha value is -1.06. The van der Waals surface area contributed by atoms with Crippen molar-refractivity contribution in [2.45, 2.75) is 51.2 Å². The third-order valence-electron chi connectivity index (χ3n) is 4.08. The van der Waals surface area contributed by atoms with Gasteiger partial charge in [-0.1, -0.05) is 31.5 Å². The third kappa shape index (κ3) is 4.50. The molecular weight excluding hydrogens is 248 g/mol. The largest absolute Gasteiger partial charge is 0.496 e. The molecule has 0 aromatic heterocycles. The van der Waals surface area contributed by atoms with Crippen molar-refractivity contribution >= 4 is 0 Å². The molecule has 1 fully saturated rings. The smallest absolute Gasteiger partial charge is 0.123 e. The van der Waals surface area contributed by atoms with Crippen LogP contribution < -0.4 is 10.1 Å². The molecule has 0 spiro atoms. The SMILES string of the molecule is CCCC(CNC1CC1)N(C)Cc1ccccc1OC. The summed E-state index contributed by atoms with van der Waals surface area (Å²) >= 11 is 0. The normalized spacial score (nSPS) is 16.4. The third-order valence-corrected chi connectivity index (χ3v) is 4.08. The first-order chi connectivity index (χ1) is 9.74. The number of para-hydroxylation sites is 1. The quantitative estimate of drug-likeness (QED) is 0.750. The molecule has 3 nitrogen and oxygen atoms in total. The number of rotatable bonds is 9. The highest BCUT2D eigenvalue weighted by molar-refractivity contribution is 5.33. The number of hydrogen-bond acceptors (Lipinski definition) is 3. The molecule has 20 heavy (non-hydrogen) atoms. The van der Waals surface area contributed by atoms with Crippen molar-refractivity contribution in [2.24, 2.45) is 0 Å². The van der Waals surface area contributed by atoms with E-state index in [9.17, 15) is 0 Å². The Bertz CT molecular complexity index is 404. The van der Waals surface area contributed by atoms with Crippen LogP contribution in [0.2, 0.25) is 0 Å². The first-order valence-electron chi connectivity index (χ1n) is 7.80. The van der Waals surface area contributed by atoms with E-state index >= 15 is 0 Å². The van der Waals surface area contributed by atoms with Gasteiger partial charge in [-0.05, 0) is 32.4 Å². The molecule has 0 bridgehead atoms. The molecule has 1 N–H and O–H groups in total. The highest BCUT2D eigenvalue weighted by Gasteiger charge is 2.23. The first kappa shape index (κ1) is 15.3. The van der Waals surface area contributed by atoms with Crippen molar-refractivity contribution < 1.29 is 4.74 Å². The van der Waals surface area contributed by atoms with Crippen LogP contribution in [0.4, 0.5) is 0 Å². The molecule has 1 saturated carbocycles. The van der Waals surface area contributed by atoms with Crippen LogP contribution in [0.3, 0.4) is 0 Å². The fraction of sp³-hybridized carbons (Fsp3) is 0.647. The minimum absolute atomic E-state index is 0.602. The van der Waals surface area contributed by atoms with Gasteiger partial charge in [-0.2, -0.15) is 0 Å². The van der Waals surface area contributed by atoms with Crippen LogP contribution >= 0.6 is 0 Å². The number of likely N-dealkylation sites (N-methyl/N-ethyl adjacent to an activating group) is 1. The van der Waals surface area contributed by atoms with Crippen LogP contribution in [0.15, 0.2) is 24.3 Å². The number of benzene rings is 1. The molecule has 0 saturated heterocycles. The molecule has 0 radical (unpaired) electrons. The zero-order chi connectivity index (χ0) is 14.4. The summed E-state index contributed by atoms with van der Waals surface area (Å²) in [5.74, 6) is 0.991. The van der Waals surface area contributed by atoms with Gasteiger partial charge in [-0.3, -0.25) is 4.90 Å². The van der Waals surface area contributed by atoms with E-state index in [2.05, 4.69) is 36.3 Å².